The molecule has 0 saturated carbocycles. The first-order valence-corrected chi connectivity index (χ1v) is 9.55. The van der Waals surface area contributed by atoms with Crippen LogP contribution in [0.15, 0.2) is 35.7 Å². The van der Waals surface area contributed by atoms with Crippen molar-refractivity contribution in [2.24, 2.45) is 0 Å². The van der Waals surface area contributed by atoms with Gasteiger partial charge in [-0.05, 0) is 19.3 Å². The van der Waals surface area contributed by atoms with Crippen molar-refractivity contribution in [1.82, 2.24) is 9.88 Å². The summed E-state index contributed by atoms with van der Waals surface area (Å²) in [7, 11) is 0. The van der Waals surface area contributed by atoms with Crippen molar-refractivity contribution in [2.75, 3.05) is 19.8 Å². The molecule has 3 heterocycles. The van der Waals surface area contributed by atoms with Crippen LogP contribution in [-0.4, -0.2) is 47.5 Å². The van der Waals surface area contributed by atoms with Crippen LogP contribution in [0, 0.1) is 0 Å². The van der Waals surface area contributed by atoms with Crippen molar-refractivity contribution >= 4 is 17.1 Å². The van der Waals surface area contributed by atoms with E-state index < -0.39 is 0 Å². The molecule has 0 spiro atoms. The molecule has 4 nitrogen and oxygen atoms in total. The van der Waals surface area contributed by atoms with Crippen molar-refractivity contribution in [3.05, 3.63) is 40.7 Å². The Morgan fingerprint density at radius 2 is 2.00 bits per heavy atom. The van der Waals surface area contributed by atoms with Crippen molar-refractivity contribution < 1.29 is 9.53 Å². The van der Waals surface area contributed by atoms with E-state index in [1.165, 1.54) is 0 Å². The van der Waals surface area contributed by atoms with Gasteiger partial charge in [-0.3, -0.25) is 9.69 Å². The number of carbonyl (C=O) groups excluding carboxylic acids is 1. The predicted octanol–water partition coefficient (Wildman–Crippen LogP) is 3.18. The maximum absolute atomic E-state index is 12.7. The van der Waals surface area contributed by atoms with Crippen molar-refractivity contribution in [3.8, 4) is 11.3 Å². The average Bonchev–Trinajstić information content (AvgIpc) is 3.04. The fourth-order valence-electron chi connectivity index (χ4n) is 3.61. The van der Waals surface area contributed by atoms with E-state index in [-0.39, 0.29) is 6.04 Å². The molecule has 2 aromatic rings. The summed E-state index contributed by atoms with van der Waals surface area (Å²) in [6, 6.07) is 10.8. The molecule has 5 heteroatoms. The Bertz CT molecular complexity index is 694. The minimum atomic E-state index is 0.0946. The van der Waals surface area contributed by atoms with E-state index in [9.17, 15) is 4.79 Å². The number of hydrogen-bond donors (Lipinski definition) is 0. The third-order valence-electron chi connectivity index (χ3n) is 5.04. The molecule has 0 radical (unpaired) electrons. The molecule has 0 aliphatic carbocycles. The molecule has 1 aromatic carbocycles. The Labute approximate surface area is 146 Å². The zero-order chi connectivity index (χ0) is 16.4. The number of thiazole rings is 1. The zero-order valence-electron chi connectivity index (χ0n) is 13.7. The number of benzene rings is 1. The molecule has 2 aliphatic rings. The maximum atomic E-state index is 12.7. The van der Waals surface area contributed by atoms with Gasteiger partial charge in [0.05, 0.1) is 18.2 Å². The monoisotopic (exact) mass is 342 g/mol. The van der Waals surface area contributed by atoms with Gasteiger partial charge in [-0.15, -0.1) is 11.3 Å². The predicted molar refractivity (Wildman–Crippen MR) is 95.2 cm³/mol. The molecule has 2 saturated heterocycles. The van der Waals surface area contributed by atoms with Gasteiger partial charge in [-0.25, -0.2) is 4.98 Å². The highest BCUT2D eigenvalue weighted by molar-refractivity contribution is 7.10. The molecule has 1 aromatic heterocycles. The second-order valence-corrected chi connectivity index (χ2v) is 7.46. The second-order valence-electron chi connectivity index (χ2n) is 6.52. The first kappa shape index (κ1) is 15.9. The van der Waals surface area contributed by atoms with Gasteiger partial charge in [0.25, 0.3) is 0 Å². The Kier molecular flexibility index (Phi) is 4.74. The topological polar surface area (TPSA) is 42.4 Å². The SMILES string of the molecule is O=C(Cc1nc(-c2ccccc2)cs1)[C@@H]1CCN1C1CCOCC1. The summed E-state index contributed by atoms with van der Waals surface area (Å²) >= 11 is 1.59. The fourth-order valence-corrected chi connectivity index (χ4v) is 4.42. The lowest BCUT2D eigenvalue weighted by Crippen LogP contribution is -2.58. The van der Waals surface area contributed by atoms with Gasteiger partial charge in [0, 0.05) is 36.7 Å². The molecule has 0 N–H and O–H groups in total. The number of Topliss-reactive ketones (excluding diaryl/α,β-unsaturated/α-hetero) is 1. The van der Waals surface area contributed by atoms with E-state index >= 15 is 0 Å². The van der Waals surface area contributed by atoms with E-state index in [1.807, 2.05) is 18.2 Å². The van der Waals surface area contributed by atoms with E-state index in [0.29, 0.717) is 18.2 Å². The van der Waals surface area contributed by atoms with Gasteiger partial charge in [-0.2, -0.15) is 0 Å². The smallest absolute Gasteiger partial charge is 0.156 e. The van der Waals surface area contributed by atoms with Gasteiger partial charge < -0.3 is 4.74 Å². The van der Waals surface area contributed by atoms with Crippen LogP contribution in [0.1, 0.15) is 24.3 Å². The van der Waals surface area contributed by atoms with E-state index in [0.717, 1.165) is 55.3 Å². The van der Waals surface area contributed by atoms with E-state index in [1.54, 1.807) is 11.3 Å². The molecule has 0 amide bonds. The lowest BCUT2D eigenvalue weighted by atomic mass is 9.91. The molecule has 2 fully saturated rings. The van der Waals surface area contributed by atoms with Crippen LogP contribution in [0.5, 0.6) is 0 Å². The molecule has 0 bridgehead atoms. The molecule has 24 heavy (non-hydrogen) atoms. The molecule has 4 rings (SSSR count). The third-order valence-corrected chi connectivity index (χ3v) is 5.89. The average molecular weight is 342 g/mol. The number of ketones is 1. The van der Waals surface area contributed by atoms with Crippen LogP contribution < -0.4 is 0 Å². The van der Waals surface area contributed by atoms with E-state index in [2.05, 4.69) is 27.4 Å². The van der Waals surface area contributed by atoms with Gasteiger partial charge in [0.15, 0.2) is 5.78 Å². The van der Waals surface area contributed by atoms with Crippen molar-refractivity contribution in [1.29, 1.82) is 0 Å². The highest BCUT2D eigenvalue weighted by atomic mass is 32.1. The Balaban J connectivity index is 1.39. The van der Waals surface area contributed by atoms with Crippen LogP contribution in [-0.2, 0) is 16.0 Å². The minimum Gasteiger partial charge on any atom is -0.381 e. The molecular weight excluding hydrogens is 320 g/mol. The number of nitrogens with zero attached hydrogens (tertiary/aromatic N) is 2. The minimum absolute atomic E-state index is 0.0946. The van der Waals surface area contributed by atoms with Gasteiger partial charge in [0.1, 0.15) is 5.01 Å². The number of rotatable bonds is 5. The Morgan fingerprint density at radius 1 is 1.21 bits per heavy atom. The summed E-state index contributed by atoms with van der Waals surface area (Å²) in [5.41, 5.74) is 2.08. The lowest BCUT2D eigenvalue weighted by Gasteiger charge is -2.46. The first-order chi connectivity index (χ1) is 11.8. The molecule has 1 atom stereocenters. The number of aromatic nitrogens is 1. The highest BCUT2D eigenvalue weighted by Crippen LogP contribution is 2.28. The summed E-state index contributed by atoms with van der Waals surface area (Å²) in [4.78, 5) is 19.7. The van der Waals surface area contributed by atoms with Crippen molar-refractivity contribution in [2.45, 2.75) is 37.8 Å². The molecule has 126 valence electrons. The summed E-state index contributed by atoms with van der Waals surface area (Å²) < 4.78 is 5.43. The lowest BCUT2D eigenvalue weighted by molar-refractivity contribution is -0.131. The van der Waals surface area contributed by atoms with Crippen molar-refractivity contribution in [3.63, 3.8) is 0 Å². The van der Waals surface area contributed by atoms with Crippen LogP contribution in [0.25, 0.3) is 11.3 Å². The number of carbonyl (C=O) groups is 1. The number of likely N-dealkylation sites (tertiary alicyclic amines) is 1. The van der Waals surface area contributed by atoms with Gasteiger partial charge in [-0.1, -0.05) is 30.3 Å². The zero-order valence-corrected chi connectivity index (χ0v) is 14.5. The van der Waals surface area contributed by atoms with Crippen LogP contribution in [0.2, 0.25) is 0 Å². The number of ether oxygens (including phenoxy) is 1. The van der Waals surface area contributed by atoms with Crippen LogP contribution >= 0.6 is 11.3 Å². The summed E-state index contributed by atoms with van der Waals surface area (Å²) in [6.07, 6.45) is 3.56. The summed E-state index contributed by atoms with van der Waals surface area (Å²) in [5, 5.41) is 2.98. The third kappa shape index (κ3) is 3.29. The Morgan fingerprint density at radius 3 is 2.71 bits per heavy atom. The first-order valence-electron chi connectivity index (χ1n) is 8.67. The largest absolute Gasteiger partial charge is 0.381 e. The standard InChI is InChI=1S/C19H22N2O2S/c22-18(17-6-9-21(17)15-7-10-23-11-8-15)12-19-20-16(13-24-19)14-4-2-1-3-5-14/h1-5,13,15,17H,6-12H2/t17-/m0/s1. The van der Waals surface area contributed by atoms with Crippen LogP contribution in [0.4, 0.5) is 0 Å². The van der Waals surface area contributed by atoms with Gasteiger partial charge >= 0.3 is 0 Å². The quantitative estimate of drug-likeness (QED) is 0.837. The highest BCUT2D eigenvalue weighted by Gasteiger charge is 2.38. The van der Waals surface area contributed by atoms with Gasteiger partial charge in [0.2, 0.25) is 0 Å². The normalized spacial score (nSPS) is 22.2. The second kappa shape index (κ2) is 7.13. The maximum Gasteiger partial charge on any atom is 0.156 e. The number of hydrogen-bond acceptors (Lipinski definition) is 5. The van der Waals surface area contributed by atoms with Crippen LogP contribution in [0.3, 0.4) is 0 Å². The molecule has 0 unspecified atom stereocenters. The molecular formula is C19H22N2O2S. The fraction of sp³-hybridized carbons (Fsp3) is 0.474. The Hall–Kier alpha value is -1.56. The summed E-state index contributed by atoms with van der Waals surface area (Å²) in [6.45, 7) is 2.71. The van der Waals surface area contributed by atoms with E-state index in [4.69, 9.17) is 4.74 Å². The summed E-state index contributed by atoms with van der Waals surface area (Å²) in [5.74, 6) is 0.321. The molecule has 2 aliphatic heterocycles.